The molecule has 1 fully saturated rings. The summed E-state index contributed by atoms with van der Waals surface area (Å²) < 4.78 is 92.6. The Balaban J connectivity index is 2.17. The first kappa shape index (κ1) is 19.8. The van der Waals surface area contributed by atoms with Crippen LogP contribution in [0.3, 0.4) is 0 Å². The molecule has 0 saturated carbocycles. The Labute approximate surface area is 139 Å². The minimum Gasteiger partial charge on any atom is -0.428 e. The number of rotatable bonds is 6. The molecule has 1 atom stereocenters. The molecule has 2 rings (SSSR count). The molecule has 25 heavy (non-hydrogen) atoms. The molecule has 1 aromatic rings. The number of nitrogens with one attached hydrogen (secondary N) is 1. The first-order valence-electron chi connectivity index (χ1n) is 7.55. The van der Waals surface area contributed by atoms with Gasteiger partial charge >= 0.3 is 18.7 Å². The molecule has 1 aliphatic heterocycles. The Bertz CT molecular complexity index is 542. The SMILES string of the molecule is FC(F)C(F)(F)Oc1ccc([C@H](CC(F)(F)F)N2CCNCC2)cc1. The van der Waals surface area contributed by atoms with Crippen molar-refractivity contribution in [3.63, 3.8) is 0 Å². The summed E-state index contributed by atoms with van der Waals surface area (Å²) in [5.41, 5.74) is 0.256. The van der Waals surface area contributed by atoms with Gasteiger partial charge in [-0.25, -0.2) is 0 Å². The fraction of sp³-hybridized carbons (Fsp3) is 0.600. The topological polar surface area (TPSA) is 24.5 Å². The van der Waals surface area contributed by atoms with E-state index in [-0.39, 0.29) is 5.56 Å². The third-order valence-corrected chi connectivity index (χ3v) is 3.79. The molecule has 1 aliphatic rings. The van der Waals surface area contributed by atoms with Crippen LogP contribution in [0.4, 0.5) is 30.7 Å². The van der Waals surface area contributed by atoms with Crippen LogP contribution in [0.15, 0.2) is 24.3 Å². The molecule has 0 amide bonds. The third kappa shape index (κ3) is 5.74. The van der Waals surface area contributed by atoms with Crippen LogP contribution in [0, 0.1) is 0 Å². The summed E-state index contributed by atoms with van der Waals surface area (Å²) in [6.07, 6.45) is -14.2. The van der Waals surface area contributed by atoms with E-state index in [0.29, 0.717) is 26.2 Å². The number of hydrogen-bond acceptors (Lipinski definition) is 3. The summed E-state index contributed by atoms with van der Waals surface area (Å²) in [6, 6.07) is 3.34. The van der Waals surface area contributed by atoms with Gasteiger partial charge in [-0.15, -0.1) is 0 Å². The summed E-state index contributed by atoms with van der Waals surface area (Å²) in [6.45, 7) is 1.89. The molecule has 0 radical (unpaired) electrons. The van der Waals surface area contributed by atoms with Crippen molar-refractivity contribution in [3.8, 4) is 5.75 Å². The molecule has 142 valence electrons. The standard InChI is InChI=1S/C15H17F7N2O/c16-13(17)15(21,22)25-11-3-1-10(2-4-11)12(9-14(18,19)20)24-7-5-23-6-8-24/h1-4,12-13,23H,5-9H2/t12-/m0/s1. The predicted molar refractivity (Wildman–Crippen MR) is 75.9 cm³/mol. The van der Waals surface area contributed by atoms with E-state index in [9.17, 15) is 30.7 Å². The first-order valence-corrected chi connectivity index (χ1v) is 7.55. The van der Waals surface area contributed by atoms with Crippen LogP contribution in [0.25, 0.3) is 0 Å². The van der Waals surface area contributed by atoms with Gasteiger partial charge in [0.05, 0.1) is 6.42 Å². The summed E-state index contributed by atoms with van der Waals surface area (Å²) in [4.78, 5) is 1.65. The minimum atomic E-state index is -4.66. The molecular weight excluding hydrogens is 357 g/mol. The number of nitrogens with zero attached hydrogens (tertiary/aromatic N) is 1. The monoisotopic (exact) mass is 374 g/mol. The van der Waals surface area contributed by atoms with Crippen LogP contribution >= 0.6 is 0 Å². The lowest BCUT2D eigenvalue weighted by atomic mass is 10.0. The summed E-state index contributed by atoms with van der Waals surface area (Å²) in [7, 11) is 0. The van der Waals surface area contributed by atoms with Gasteiger partial charge in [0.2, 0.25) is 0 Å². The minimum absolute atomic E-state index is 0.256. The van der Waals surface area contributed by atoms with Gasteiger partial charge in [0.15, 0.2) is 0 Å². The second kappa shape index (κ2) is 7.77. The number of hydrogen-bond donors (Lipinski definition) is 1. The average molecular weight is 374 g/mol. The van der Waals surface area contributed by atoms with Crippen molar-refractivity contribution in [1.82, 2.24) is 10.2 Å². The average Bonchev–Trinajstić information content (AvgIpc) is 2.53. The second-order valence-corrected chi connectivity index (χ2v) is 5.65. The van der Waals surface area contributed by atoms with Crippen LogP contribution in [0.2, 0.25) is 0 Å². The Kier molecular flexibility index (Phi) is 6.15. The number of alkyl halides is 7. The Morgan fingerprint density at radius 3 is 2.04 bits per heavy atom. The van der Waals surface area contributed by atoms with Gasteiger partial charge in [-0.05, 0) is 17.7 Å². The lowest BCUT2D eigenvalue weighted by molar-refractivity contribution is -0.253. The molecule has 1 N–H and O–H groups in total. The van der Waals surface area contributed by atoms with Gasteiger partial charge in [-0.2, -0.15) is 30.7 Å². The quantitative estimate of drug-likeness (QED) is 0.767. The molecule has 0 aromatic heterocycles. The van der Waals surface area contributed by atoms with Crippen LogP contribution < -0.4 is 10.1 Å². The van der Waals surface area contributed by atoms with Crippen LogP contribution in [0.1, 0.15) is 18.0 Å². The fourth-order valence-electron chi connectivity index (χ4n) is 2.63. The Hall–Kier alpha value is -1.55. The van der Waals surface area contributed by atoms with E-state index < -0.39 is 36.9 Å². The summed E-state index contributed by atoms with van der Waals surface area (Å²) >= 11 is 0. The fourth-order valence-corrected chi connectivity index (χ4v) is 2.63. The van der Waals surface area contributed by atoms with Crippen molar-refractivity contribution >= 4 is 0 Å². The molecule has 0 spiro atoms. The maximum atomic E-state index is 12.9. The molecule has 0 aliphatic carbocycles. The van der Waals surface area contributed by atoms with Crippen LogP contribution in [-0.4, -0.2) is 49.8 Å². The van der Waals surface area contributed by atoms with Gasteiger partial charge in [0.1, 0.15) is 5.75 Å². The van der Waals surface area contributed by atoms with Gasteiger partial charge < -0.3 is 10.1 Å². The van der Waals surface area contributed by atoms with E-state index in [0.717, 1.165) is 12.1 Å². The highest BCUT2D eigenvalue weighted by atomic mass is 19.4. The van der Waals surface area contributed by atoms with Crippen molar-refractivity contribution in [1.29, 1.82) is 0 Å². The summed E-state index contributed by atoms with van der Waals surface area (Å²) in [5.74, 6) is -0.542. The maximum absolute atomic E-state index is 12.9. The van der Waals surface area contributed by atoms with E-state index >= 15 is 0 Å². The van der Waals surface area contributed by atoms with Crippen molar-refractivity contribution < 1.29 is 35.5 Å². The highest BCUT2D eigenvalue weighted by Crippen LogP contribution is 2.35. The zero-order valence-electron chi connectivity index (χ0n) is 13.0. The molecule has 3 nitrogen and oxygen atoms in total. The van der Waals surface area contributed by atoms with Gasteiger partial charge in [-0.1, -0.05) is 12.1 Å². The van der Waals surface area contributed by atoms with Crippen molar-refractivity contribution in [2.45, 2.75) is 31.2 Å². The molecule has 1 aromatic carbocycles. The number of benzene rings is 1. The van der Waals surface area contributed by atoms with E-state index in [4.69, 9.17) is 0 Å². The number of piperazine rings is 1. The predicted octanol–water partition coefficient (Wildman–Crippen LogP) is 3.82. The summed E-state index contributed by atoms with van der Waals surface area (Å²) in [5, 5.41) is 3.03. The molecule has 0 unspecified atom stereocenters. The first-order chi connectivity index (χ1) is 11.6. The van der Waals surface area contributed by atoms with Crippen LogP contribution in [-0.2, 0) is 0 Å². The van der Waals surface area contributed by atoms with E-state index in [1.54, 1.807) is 4.90 Å². The van der Waals surface area contributed by atoms with Gasteiger partial charge in [0.25, 0.3) is 0 Å². The largest absolute Gasteiger partial charge is 0.461 e. The highest BCUT2D eigenvalue weighted by Gasteiger charge is 2.44. The normalized spacial score (nSPS) is 18.4. The smallest absolute Gasteiger partial charge is 0.428 e. The van der Waals surface area contributed by atoms with Crippen molar-refractivity contribution in [2.24, 2.45) is 0 Å². The zero-order valence-corrected chi connectivity index (χ0v) is 13.0. The Morgan fingerprint density at radius 1 is 1.00 bits per heavy atom. The second-order valence-electron chi connectivity index (χ2n) is 5.65. The van der Waals surface area contributed by atoms with E-state index in [2.05, 4.69) is 10.1 Å². The molecule has 10 heteroatoms. The van der Waals surface area contributed by atoms with E-state index in [1.165, 1.54) is 12.1 Å². The lowest BCUT2D eigenvalue weighted by Crippen LogP contribution is -2.46. The highest BCUT2D eigenvalue weighted by molar-refractivity contribution is 5.30. The lowest BCUT2D eigenvalue weighted by Gasteiger charge is -2.35. The third-order valence-electron chi connectivity index (χ3n) is 3.79. The van der Waals surface area contributed by atoms with Gasteiger partial charge in [0, 0.05) is 32.2 Å². The molecule has 0 bridgehead atoms. The van der Waals surface area contributed by atoms with Crippen molar-refractivity contribution in [3.05, 3.63) is 29.8 Å². The van der Waals surface area contributed by atoms with Crippen LogP contribution in [0.5, 0.6) is 5.75 Å². The molecule has 1 heterocycles. The van der Waals surface area contributed by atoms with Gasteiger partial charge in [-0.3, -0.25) is 4.90 Å². The van der Waals surface area contributed by atoms with E-state index in [1.807, 2.05) is 0 Å². The number of halogens is 7. The maximum Gasteiger partial charge on any atom is 0.461 e. The number of ether oxygens (including phenoxy) is 1. The molecule has 1 saturated heterocycles. The zero-order chi connectivity index (χ0) is 18.7. The molecular formula is C15H17F7N2O. The van der Waals surface area contributed by atoms with Crippen molar-refractivity contribution in [2.75, 3.05) is 26.2 Å². The Morgan fingerprint density at radius 2 is 1.56 bits per heavy atom.